The molecule has 1 amide bonds. The van der Waals surface area contributed by atoms with Crippen molar-refractivity contribution in [2.24, 2.45) is 5.73 Å². The van der Waals surface area contributed by atoms with Crippen LogP contribution in [-0.4, -0.2) is 36.5 Å². The van der Waals surface area contributed by atoms with Gasteiger partial charge in [-0.15, -0.1) is 0 Å². The van der Waals surface area contributed by atoms with E-state index in [2.05, 4.69) is 17.1 Å². The second-order valence-electron chi connectivity index (χ2n) is 5.24. The fourth-order valence-electron chi connectivity index (χ4n) is 2.46. The van der Waals surface area contributed by atoms with E-state index in [1.807, 2.05) is 24.3 Å². The van der Waals surface area contributed by atoms with Gasteiger partial charge in [-0.3, -0.25) is 9.69 Å². The van der Waals surface area contributed by atoms with Gasteiger partial charge in [-0.05, 0) is 43.5 Å². The van der Waals surface area contributed by atoms with Crippen LogP contribution in [0.15, 0.2) is 24.3 Å². The third kappa shape index (κ3) is 4.33. The normalized spacial score (nSPS) is 20.2. The number of nitrogens with zero attached hydrogens (tertiary/aromatic N) is 1. The lowest BCUT2D eigenvalue weighted by Crippen LogP contribution is -2.45. The maximum absolute atomic E-state index is 11.9. The Labute approximate surface area is 115 Å². The number of amides is 1. The monoisotopic (exact) mass is 261 g/mol. The minimum Gasteiger partial charge on any atom is -0.327 e. The Balaban J connectivity index is 1.83. The molecule has 1 aromatic carbocycles. The van der Waals surface area contributed by atoms with Crippen molar-refractivity contribution in [1.29, 1.82) is 0 Å². The molecule has 1 fully saturated rings. The molecule has 2 rings (SSSR count). The summed E-state index contributed by atoms with van der Waals surface area (Å²) in [4.78, 5) is 14.1. The predicted molar refractivity (Wildman–Crippen MR) is 78.1 cm³/mol. The summed E-state index contributed by atoms with van der Waals surface area (Å²) < 4.78 is 0. The number of aryl methyl sites for hydroxylation is 1. The smallest absolute Gasteiger partial charge is 0.238 e. The topological polar surface area (TPSA) is 58.4 Å². The Morgan fingerprint density at radius 1 is 1.42 bits per heavy atom. The molecule has 1 aliphatic rings. The molecule has 19 heavy (non-hydrogen) atoms. The van der Waals surface area contributed by atoms with Gasteiger partial charge >= 0.3 is 0 Å². The zero-order valence-electron chi connectivity index (χ0n) is 11.6. The van der Waals surface area contributed by atoms with Gasteiger partial charge in [0.2, 0.25) is 5.91 Å². The van der Waals surface area contributed by atoms with Crippen LogP contribution in [0.25, 0.3) is 0 Å². The van der Waals surface area contributed by atoms with Gasteiger partial charge in [0.05, 0.1) is 6.54 Å². The van der Waals surface area contributed by atoms with Gasteiger partial charge in [-0.2, -0.15) is 0 Å². The van der Waals surface area contributed by atoms with Crippen molar-refractivity contribution in [3.8, 4) is 0 Å². The molecule has 4 heteroatoms. The van der Waals surface area contributed by atoms with E-state index in [1.165, 1.54) is 5.56 Å². The second kappa shape index (κ2) is 6.68. The number of anilines is 1. The highest BCUT2D eigenvalue weighted by atomic mass is 16.2. The molecule has 0 radical (unpaired) electrons. The van der Waals surface area contributed by atoms with Crippen molar-refractivity contribution >= 4 is 11.6 Å². The van der Waals surface area contributed by atoms with Crippen molar-refractivity contribution in [2.75, 3.05) is 25.0 Å². The van der Waals surface area contributed by atoms with Gasteiger partial charge in [-0.1, -0.05) is 19.1 Å². The van der Waals surface area contributed by atoms with Crippen LogP contribution in [0.2, 0.25) is 0 Å². The van der Waals surface area contributed by atoms with Gasteiger partial charge in [0.15, 0.2) is 0 Å². The number of carbonyl (C=O) groups is 1. The molecular weight excluding hydrogens is 238 g/mol. The zero-order valence-corrected chi connectivity index (χ0v) is 11.6. The van der Waals surface area contributed by atoms with Crippen LogP contribution in [-0.2, 0) is 11.2 Å². The summed E-state index contributed by atoms with van der Waals surface area (Å²) in [6, 6.07) is 8.22. The molecule has 4 nitrogen and oxygen atoms in total. The minimum absolute atomic E-state index is 0.0401. The standard InChI is InChI=1S/C15H23N3O/c1-2-12-5-7-14(8-6-12)17-15(19)11-18-9-3-4-13(16)10-18/h5-8,13H,2-4,9-11,16H2,1H3,(H,17,19). The number of nitrogens with one attached hydrogen (secondary N) is 1. The van der Waals surface area contributed by atoms with Gasteiger partial charge in [-0.25, -0.2) is 0 Å². The minimum atomic E-state index is 0.0401. The molecule has 0 spiro atoms. The molecule has 0 aliphatic carbocycles. The quantitative estimate of drug-likeness (QED) is 0.865. The Bertz CT molecular complexity index is 416. The summed E-state index contributed by atoms with van der Waals surface area (Å²) in [5.74, 6) is 0.0401. The van der Waals surface area contributed by atoms with Crippen LogP contribution in [0.3, 0.4) is 0 Å². The van der Waals surface area contributed by atoms with E-state index in [0.717, 1.165) is 38.0 Å². The van der Waals surface area contributed by atoms with Gasteiger partial charge in [0, 0.05) is 18.3 Å². The van der Waals surface area contributed by atoms with Crippen LogP contribution >= 0.6 is 0 Å². The van der Waals surface area contributed by atoms with Crippen LogP contribution < -0.4 is 11.1 Å². The first kappa shape index (κ1) is 14.0. The summed E-state index contributed by atoms with van der Waals surface area (Å²) in [5, 5.41) is 2.93. The fraction of sp³-hybridized carbons (Fsp3) is 0.533. The lowest BCUT2D eigenvalue weighted by Gasteiger charge is -2.29. The molecule has 1 heterocycles. The SMILES string of the molecule is CCc1ccc(NC(=O)CN2CCCC(N)C2)cc1. The molecule has 1 aromatic rings. The number of nitrogens with two attached hydrogens (primary N) is 1. The van der Waals surface area contributed by atoms with Crippen molar-refractivity contribution < 1.29 is 4.79 Å². The summed E-state index contributed by atoms with van der Waals surface area (Å²) in [5.41, 5.74) is 8.05. The molecule has 1 saturated heterocycles. The summed E-state index contributed by atoms with van der Waals surface area (Å²) in [7, 11) is 0. The third-order valence-corrected chi connectivity index (χ3v) is 3.56. The maximum Gasteiger partial charge on any atom is 0.238 e. The summed E-state index contributed by atoms with van der Waals surface area (Å²) in [6.45, 7) is 4.34. The van der Waals surface area contributed by atoms with Crippen molar-refractivity contribution in [1.82, 2.24) is 4.90 Å². The van der Waals surface area contributed by atoms with E-state index in [-0.39, 0.29) is 11.9 Å². The molecule has 1 aliphatic heterocycles. The maximum atomic E-state index is 11.9. The number of piperidine rings is 1. The molecule has 104 valence electrons. The Morgan fingerprint density at radius 2 is 2.16 bits per heavy atom. The third-order valence-electron chi connectivity index (χ3n) is 3.56. The predicted octanol–water partition coefficient (Wildman–Crippen LogP) is 1.61. The average molecular weight is 261 g/mol. The molecule has 1 unspecified atom stereocenters. The molecule has 3 N–H and O–H groups in total. The lowest BCUT2D eigenvalue weighted by atomic mass is 10.1. The van der Waals surface area contributed by atoms with E-state index >= 15 is 0 Å². The molecule has 0 saturated carbocycles. The van der Waals surface area contributed by atoms with Gasteiger partial charge in [0.1, 0.15) is 0 Å². The highest BCUT2D eigenvalue weighted by Crippen LogP contribution is 2.11. The van der Waals surface area contributed by atoms with Gasteiger partial charge < -0.3 is 11.1 Å². The van der Waals surface area contributed by atoms with Crippen LogP contribution in [0.4, 0.5) is 5.69 Å². The second-order valence-corrected chi connectivity index (χ2v) is 5.24. The van der Waals surface area contributed by atoms with E-state index in [0.29, 0.717) is 6.54 Å². The van der Waals surface area contributed by atoms with E-state index in [4.69, 9.17) is 5.73 Å². The Morgan fingerprint density at radius 3 is 2.79 bits per heavy atom. The average Bonchev–Trinajstić information content (AvgIpc) is 2.39. The number of rotatable bonds is 4. The van der Waals surface area contributed by atoms with E-state index in [9.17, 15) is 4.79 Å². The molecule has 1 atom stereocenters. The molecular formula is C15H23N3O. The van der Waals surface area contributed by atoms with E-state index < -0.39 is 0 Å². The first-order valence-electron chi connectivity index (χ1n) is 7.04. The number of benzene rings is 1. The van der Waals surface area contributed by atoms with Crippen molar-refractivity contribution in [3.05, 3.63) is 29.8 Å². The van der Waals surface area contributed by atoms with E-state index in [1.54, 1.807) is 0 Å². The lowest BCUT2D eigenvalue weighted by molar-refractivity contribution is -0.117. The Kier molecular flexibility index (Phi) is 4.93. The number of hydrogen-bond acceptors (Lipinski definition) is 3. The summed E-state index contributed by atoms with van der Waals surface area (Å²) in [6.07, 6.45) is 3.16. The van der Waals surface area contributed by atoms with Crippen molar-refractivity contribution in [2.45, 2.75) is 32.2 Å². The largest absolute Gasteiger partial charge is 0.327 e. The molecule has 0 aromatic heterocycles. The number of carbonyl (C=O) groups excluding carboxylic acids is 1. The molecule has 0 bridgehead atoms. The fourth-order valence-corrected chi connectivity index (χ4v) is 2.46. The highest BCUT2D eigenvalue weighted by Gasteiger charge is 2.18. The van der Waals surface area contributed by atoms with Crippen LogP contribution in [0.5, 0.6) is 0 Å². The summed E-state index contributed by atoms with van der Waals surface area (Å²) >= 11 is 0. The van der Waals surface area contributed by atoms with Crippen molar-refractivity contribution in [3.63, 3.8) is 0 Å². The first-order chi connectivity index (χ1) is 9.17. The number of likely N-dealkylation sites (tertiary alicyclic amines) is 1. The first-order valence-corrected chi connectivity index (χ1v) is 7.04. The zero-order chi connectivity index (χ0) is 13.7. The highest BCUT2D eigenvalue weighted by molar-refractivity contribution is 5.92. The van der Waals surface area contributed by atoms with Crippen LogP contribution in [0.1, 0.15) is 25.3 Å². The van der Waals surface area contributed by atoms with Crippen LogP contribution in [0, 0.1) is 0 Å². The Hall–Kier alpha value is -1.39. The number of hydrogen-bond donors (Lipinski definition) is 2. The van der Waals surface area contributed by atoms with Gasteiger partial charge in [0.25, 0.3) is 0 Å².